The Balaban J connectivity index is 0.686. The molecule has 21 heteroatoms. The van der Waals surface area contributed by atoms with Gasteiger partial charge in [-0.3, -0.25) is 44.3 Å². The van der Waals surface area contributed by atoms with Gasteiger partial charge in [-0.25, -0.2) is 23.5 Å². The van der Waals surface area contributed by atoms with Crippen molar-refractivity contribution in [2.75, 3.05) is 80.6 Å². The Morgan fingerprint density at radius 2 is 1.62 bits per heavy atom. The molecule has 79 heavy (non-hydrogen) atoms. The SMILES string of the molecule is Cc1c(OCC(F)(F)CN2CC(C)N(CC(=O)N3CCN(c4cccc5c(C6CCC(=O)NC6=O)nn(C)c45)CC3)C(C)C2)cccc1-c1ccc(N2CCc3cccc(C(=O)Nc4nc5ccccc5s4)c3C2)nc1C(=O)O. The van der Waals surface area contributed by atoms with Gasteiger partial charge in [0, 0.05) is 94.4 Å². The van der Waals surface area contributed by atoms with Crippen molar-refractivity contribution in [3.63, 3.8) is 0 Å². The molecule has 3 N–H and O–H groups in total. The van der Waals surface area contributed by atoms with Crippen LogP contribution in [0.5, 0.6) is 5.75 Å². The third-order valence-electron chi connectivity index (χ3n) is 15.8. The molecule has 3 unspecified atom stereocenters. The summed E-state index contributed by atoms with van der Waals surface area (Å²) in [4.78, 5) is 84.0. The number of fused-ring (bicyclic) bond motifs is 3. The van der Waals surface area contributed by atoms with Crippen LogP contribution in [0.2, 0.25) is 0 Å². The van der Waals surface area contributed by atoms with Crippen molar-refractivity contribution in [2.45, 2.75) is 70.5 Å². The number of hydrogen-bond donors (Lipinski definition) is 3. The number of pyridine rings is 1. The highest BCUT2D eigenvalue weighted by molar-refractivity contribution is 7.22. The van der Waals surface area contributed by atoms with E-state index in [-0.39, 0.29) is 60.1 Å². The molecule has 0 bridgehead atoms. The second kappa shape index (κ2) is 21.7. The van der Waals surface area contributed by atoms with Gasteiger partial charge in [0.05, 0.1) is 46.1 Å². The van der Waals surface area contributed by atoms with Crippen molar-refractivity contribution in [3.8, 4) is 16.9 Å². The van der Waals surface area contributed by atoms with E-state index in [4.69, 9.17) is 9.84 Å². The molecule has 3 saturated heterocycles. The van der Waals surface area contributed by atoms with Crippen LogP contribution in [-0.4, -0.2) is 153 Å². The number of carboxylic acids is 1. The lowest BCUT2D eigenvalue weighted by atomic mass is 9.92. The fourth-order valence-corrected chi connectivity index (χ4v) is 12.7. The van der Waals surface area contributed by atoms with Crippen molar-refractivity contribution < 1.29 is 42.6 Å². The van der Waals surface area contributed by atoms with E-state index >= 15 is 8.78 Å². The number of carboxylic acid groups (broad SMARTS) is 1. The number of thiazole rings is 1. The van der Waals surface area contributed by atoms with E-state index in [1.165, 1.54) is 11.3 Å². The maximum Gasteiger partial charge on any atom is 0.355 e. The number of imide groups is 1. The molecule has 4 amide bonds. The van der Waals surface area contributed by atoms with E-state index in [0.29, 0.717) is 104 Å². The number of aromatic carboxylic acids is 1. The third-order valence-corrected chi connectivity index (χ3v) is 16.8. The molecular weight excluding hydrogens is 1030 g/mol. The zero-order chi connectivity index (χ0) is 55.3. The third kappa shape index (κ3) is 10.9. The lowest BCUT2D eigenvalue weighted by Gasteiger charge is -2.45. The normalized spacial score (nSPS) is 19.4. The lowest BCUT2D eigenvalue weighted by Crippen LogP contribution is -2.61. The van der Waals surface area contributed by atoms with Crippen LogP contribution in [0.4, 0.5) is 25.4 Å². The molecule has 18 nitrogen and oxygen atoms in total. The highest BCUT2D eigenvalue weighted by atomic mass is 32.1. The second-order valence-corrected chi connectivity index (χ2v) is 22.1. The first-order valence-corrected chi connectivity index (χ1v) is 27.5. The number of halogens is 2. The summed E-state index contributed by atoms with van der Waals surface area (Å²) in [6.45, 7) is 8.04. The summed E-state index contributed by atoms with van der Waals surface area (Å²) in [6, 6.07) is 27.2. The number of ether oxygens (including phenoxy) is 1. The Labute approximate surface area is 458 Å². The molecule has 0 radical (unpaired) electrons. The summed E-state index contributed by atoms with van der Waals surface area (Å²) in [5.74, 6) is -5.31. The van der Waals surface area contributed by atoms with Crippen LogP contribution in [-0.2, 0) is 34.4 Å². The van der Waals surface area contributed by atoms with Gasteiger partial charge in [0.2, 0.25) is 17.7 Å². The molecule has 0 spiro atoms. The molecule has 0 saturated carbocycles. The predicted molar refractivity (Wildman–Crippen MR) is 297 cm³/mol. The standard InChI is InChI=1S/C58H61F2N11O7S/c1-34-28-67(29-35(2)71(34)31-50(73)69-26-24-68(25-27-69)45-15-8-13-41-51(65-66(4)53(41)45)42-19-21-49(72)63-55(42)75)32-58(59,60)33-78-46-16-9-11-38(36(46)3)39-18-20-48(62-52(39)56(76)77)70-23-22-37-10-7-12-40(43(37)30-70)54(74)64-57-61-44-14-5-6-17-47(44)79-57/h5-18,20,34-35,42H,19,21-33H2,1-4H3,(H,76,77)(H,61,64,74)(H,63,72,75). The van der Waals surface area contributed by atoms with E-state index in [1.807, 2.05) is 85.3 Å². The maximum absolute atomic E-state index is 15.9. The van der Waals surface area contributed by atoms with Gasteiger partial charge in [-0.05, 0) is 98.3 Å². The summed E-state index contributed by atoms with van der Waals surface area (Å²) < 4.78 is 40.5. The van der Waals surface area contributed by atoms with Gasteiger partial charge >= 0.3 is 5.97 Å². The van der Waals surface area contributed by atoms with E-state index in [0.717, 1.165) is 37.9 Å². The number of benzene rings is 4. The van der Waals surface area contributed by atoms with Gasteiger partial charge in [-0.2, -0.15) is 5.10 Å². The Hall–Kier alpha value is -7.88. The Bertz CT molecular complexity index is 3500. The van der Waals surface area contributed by atoms with Crippen molar-refractivity contribution in [3.05, 3.63) is 125 Å². The minimum atomic E-state index is -3.25. The molecular formula is C58H61F2N11O7S. The number of aryl methyl sites for hydroxylation is 1. The zero-order valence-corrected chi connectivity index (χ0v) is 45.2. The number of nitrogens with one attached hydrogen (secondary N) is 2. The number of amides is 4. The number of anilines is 3. The molecule has 3 fully saturated rings. The molecule has 3 aromatic heterocycles. The number of rotatable bonds is 14. The highest BCUT2D eigenvalue weighted by Gasteiger charge is 2.40. The topological polar surface area (TPSA) is 199 Å². The molecule has 410 valence electrons. The van der Waals surface area contributed by atoms with Crippen LogP contribution < -0.4 is 25.2 Å². The van der Waals surface area contributed by atoms with E-state index in [9.17, 15) is 29.1 Å². The van der Waals surface area contributed by atoms with Crippen LogP contribution in [0.1, 0.15) is 75.8 Å². The average Bonchev–Trinajstić information content (AvgIpc) is 4.27. The molecule has 7 aromatic rings. The molecule has 4 aromatic carbocycles. The van der Waals surface area contributed by atoms with Crippen molar-refractivity contribution >= 4 is 78.7 Å². The predicted octanol–water partition coefficient (Wildman–Crippen LogP) is 7.34. The van der Waals surface area contributed by atoms with E-state index in [1.54, 1.807) is 52.9 Å². The summed E-state index contributed by atoms with van der Waals surface area (Å²) in [6.07, 6.45) is 1.27. The monoisotopic (exact) mass is 1090 g/mol. The van der Waals surface area contributed by atoms with Crippen LogP contribution >= 0.6 is 11.3 Å². The van der Waals surface area contributed by atoms with E-state index in [2.05, 4.69) is 30.4 Å². The first-order chi connectivity index (χ1) is 38.0. The van der Waals surface area contributed by atoms with E-state index < -0.39 is 31.0 Å². The minimum absolute atomic E-state index is 0.0175. The molecule has 4 aliphatic rings. The molecule has 7 heterocycles. The van der Waals surface area contributed by atoms with Gasteiger partial charge < -0.3 is 24.5 Å². The number of piperidine rings is 1. The number of aromatic nitrogens is 4. The van der Waals surface area contributed by atoms with Gasteiger partial charge in [0.15, 0.2) is 17.4 Å². The van der Waals surface area contributed by atoms with Gasteiger partial charge in [-0.1, -0.05) is 59.9 Å². The molecule has 4 aliphatic heterocycles. The lowest BCUT2D eigenvalue weighted by molar-refractivity contribution is -0.136. The largest absolute Gasteiger partial charge is 0.487 e. The minimum Gasteiger partial charge on any atom is -0.487 e. The second-order valence-electron chi connectivity index (χ2n) is 21.1. The summed E-state index contributed by atoms with van der Waals surface area (Å²) >= 11 is 1.39. The molecule has 11 rings (SSSR count). The smallest absolute Gasteiger partial charge is 0.355 e. The zero-order valence-electron chi connectivity index (χ0n) is 44.4. The number of piperazine rings is 2. The number of carbonyl (C=O) groups excluding carboxylic acids is 4. The number of para-hydroxylation sites is 2. The van der Waals surface area contributed by atoms with Crippen molar-refractivity contribution in [1.82, 2.24) is 39.8 Å². The van der Waals surface area contributed by atoms with Gasteiger partial charge in [0.1, 0.15) is 11.6 Å². The number of carbonyl (C=O) groups is 5. The number of hydrogen-bond acceptors (Lipinski definition) is 14. The Morgan fingerprint density at radius 1 is 0.861 bits per heavy atom. The fourth-order valence-electron chi connectivity index (χ4n) is 11.9. The van der Waals surface area contributed by atoms with Crippen molar-refractivity contribution in [1.29, 1.82) is 0 Å². The van der Waals surface area contributed by atoms with Crippen LogP contribution in [0, 0.1) is 6.92 Å². The quantitative estimate of drug-likeness (QED) is 0.0914. The molecule has 3 atom stereocenters. The first kappa shape index (κ1) is 53.1. The highest BCUT2D eigenvalue weighted by Crippen LogP contribution is 2.38. The van der Waals surface area contributed by atoms with Crippen LogP contribution in [0.3, 0.4) is 0 Å². The van der Waals surface area contributed by atoms with Crippen LogP contribution in [0.15, 0.2) is 91.0 Å². The Morgan fingerprint density at radius 3 is 2.38 bits per heavy atom. The average molecular weight is 1090 g/mol. The van der Waals surface area contributed by atoms with Crippen molar-refractivity contribution in [2.24, 2.45) is 7.05 Å². The summed E-state index contributed by atoms with van der Waals surface area (Å²) in [5, 5.41) is 22.0. The summed E-state index contributed by atoms with van der Waals surface area (Å²) in [5.41, 5.74) is 6.69. The van der Waals surface area contributed by atoms with Gasteiger partial charge in [-0.15, -0.1) is 0 Å². The Kier molecular flexibility index (Phi) is 14.6. The molecule has 0 aliphatic carbocycles. The maximum atomic E-state index is 15.9. The first-order valence-electron chi connectivity index (χ1n) is 26.7. The summed E-state index contributed by atoms with van der Waals surface area (Å²) in [7, 11) is 1.85. The van der Waals surface area contributed by atoms with Crippen LogP contribution in [0.25, 0.3) is 32.2 Å². The fraction of sp³-hybridized carbons (Fsp3) is 0.379. The van der Waals surface area contributed by atoms with Gasteiger partial charge in [0.25, 0.3) is 11.8 Å². The number of alkyl halides is 2. The number of nitrogens with zero attached hydrogens (tertiary/aromatic N) is 9.